The number of nitrogens with one attached hydrogen (secondary N) is 1. The summed E-state index contributed by atoms with van der Waals surface area (Å²) in [5.41, 5.74) is -0.289. The van der Waals surface area contributed by atoms with Gasteiger partial charge in [-0.1, -0.05) is 6.07 Å². The van der Waals surface area contributed by atoms with Crippen LogP contribution in [0.4, 0.5) is 5.69 Å². The number of rotatable bonds is 4. The highest BCUT2D eigenvalue weighted by Crippen LogP contribution is 2.26. The fraction of sp³-hybridized carbons (Fsp3) is 0.250. The average molecular weight is 294 g/mol. The third-order valence-electron chi connectivity index (χ3n) is 2.78. The number of hydrogen-bond donors (Lipinski definition) is 2. The summed E-state index contributed by atoms with van der Waals surface area (Å²) in [6, 6.07) is 3.45. The number of benzene rings is 1. The zero-order valence-corrected chi connectivity index (χ0v) is 10.6. The van der Waals surface area contributed by atoms with E-state index in [-0.39, 0.29) is 18.4 Å². The van der Waals surface area contributed by atoms with Gasteiger partial charge in [-0.05, 0) is 11.6 Å². The SMILES string of the molecule is O=C1CC(OC(=O)Cc2ccc(O)c([N+](=O)[O-])c2)C(=O)N1. The molecule has 1 heterocycles. The maximum atomic E-state index is 11.6. The van der Waals surface area contributed by atoms with E-state index in [0.29, 0.717) is 0 Å². The number of aromatic hydroxyl groups is 1. The van der Waals surface area contributed by atoms with Crippen LogP contribution in [0.5, 0.6) is 5.75 Å². The van der Waals surface area contributed by atoms with Crippen LogP contribution in [0.2, 0.25) is 0 Å². The lowest BCUT2D eigenvalue weighted by atomic mass is 10.1. The van der Waals surface area contributed by atoms with Gasteiger partial charge in [-0.15, -0.1) is 0 Å². The maximum absolute atomic E-state index is 11.6. The average Bonchev–Trinajstić information content (AvgIpc) is 2.69. The van der Waals surface area contributed by atoms with Crippen molar-refractivity contribution in [2.24, 2.45) is 0 Å². The molecule has 1 aliphatic rings. The van der Waals surface area contributed by atoms with Crippen molar-refractivity contribution in [2.75, 3.05) is 0 Å². The first-order chi connectivity index (χ1) is 9.86. The van der Waals surface area contributed by atoms with Gasteiger partial charge in [0.05, 0.1) is 17.8 Å². The monoisotopic (exact) mass is 294 g/mol. The van der Waals surface area contributed by atoms with Gasteiger partial charge >= 0.3 is 11.7 Å². The molecular formula is C12H10N2O7. The Morgan fingerprint density at radius 1 is 1.48 bits per heavy atom. The highest BCUT2D eigenvalue weighted by molar-refractivity contribution is 6.05. The van der Waals surface area contributed by atoms with E-state index in [1.165, 1.54) is 6.07 Å². The molecule has 1 unspecified atom stereocenters. The van der Waals surface area contributed by atoms with E-state index in [1.807, 2.05) is 5.32 Å². The number of ether oxygens (including phenoxy) is 1. The van der Waals surface area contributed by atoms with Crippen LogP contribution in [0, 0.1) is 10.1 Å². The Bertz CT molecular complexity index is 640. The van der Waals surface area contributed by atoms with Crippen LogP contribution in [-0.2, 0) is 25.5 Å². The minimum Gasteiger partial charge on any atom is -0.502 e. The van der Waals surface area contributed by atoms with Crippen molar-refractivity contribution in [3.05, 3.63) is 33.9 Å². The second kappa shape index (κ2) is 5.57. The normalized spacial score (nSPS) is 17.4. The highest BCUT2D eigenvalue weighted by atomic mass is 16.6. The van der Waals surface area contributed by atoms with Crippen molar-refractivity contribution in [1.29, 1.82) is 0 Å². The molecule has 1 fully saturated rings. The van der Waals surface area contributed by atoms with E-state index in [1.54, 1.807) is 0 Å². The standard InChI is InChI=1S/C12H10N2O7/c15-8-2-1-6(3-7(8)14(19)20)4-11(17)21-9-5-10(16)13-12(9)18/h1-3,9,15H,4-5H2,(H,13,16,18). The first-order valence-electron chi connectivity index (χ1n) is 5.86. The van der Waals surface area contributed by atoms with E-state index < -0.39 is 40.2 Å². The van der Waals surface area contributed by atoms with Gasteiger partial charge in [-0.2, -0.15) is 0 Å². The van der Waals surface area contributed by atoms with Crippen molar-refractivity contribution in [1.82, 2.24) is 5.32 Å². The molecule has 0 radical (unpaired) electrons. The maximum Gasteiger partial charge on any atom is 0.311 e. The molecule has 21 heavy (non-hydrogen) atoms. The minimum atomic E-state index is -1.17. The fourth-order valence-electron chi connectivity index (χ4n) is 1.82. The summed E-state index contributed by atoms with van der Waals surface area (Å²) in [5.74, 6) is -2.54. The number of nitrogens with zero attached hydrogens (tertiary/aromatic N) is 1. The lowest BCUT2D eigenvalue weighted by Crippen LogP contribution is -2.28. The summed E-state index contributed by atoms with van der Waals surface area (Å²) in [7, 11) is 0. The second-order valence-corrected chi connectivity index (χ2v) is 4.35. The van der Waals surface area contributed by atoms with Crippen LogP contribution in [0.1, 0.15) is 12.0 Å². The molecule has 1 aromatic carbocycles. The van der Waals surface area contributed by atoms with Gasteiger partial charge in [0.2, 0.25) is 5.91 Å². The Balaban J connectivity index is 2.03. The number of nitro benzene ring substituents is 1. The summed E-state index contributed by atoms with van der Waals surface area (Å²) < 4.78 is 4.82. The molecule has 0 aliphatic carbocycles. The van der Waals surface area contributed by atoms with Crippen LogP contribution in [0.25, 0.3) is 0 Å². The Labute approximate surface area is 117 Å². The number of esters is 1. The Hall–Kier alpha value is -2.97. The van der Waals surface area contributed by atoms with Gasteiger partial charge in [0.15, 0.2) is 11.9 Å². The van der Waals surface area contributed by atoms with Crippen molar-refractivity contribution >= 4 is 23.5 Å². The number of amides is 2. The van der Waals surface area contributed by atoms with Gasteiger partial charge in [0, 0.05) is 6.07 Å². The summed E-state index contributed by atoms with van der Waals surface area (Å²) in [6.45, 7) is 0. The number of phenols is 1. The van der Waals surface area contributed by atoms with E-state index in [0.717, 1.165) is 12.1 Å². The van der Waals surface area contributed by atoms with Gasteiger partial charge in [-0.25, -0.2) is 0 Å². The Kier molecular flexibility index (Phi) is 3.83. The van der Waals surface area contributed by atoms with Crippen LogP contribution < -0.4 is 5.32 Å². The Morgan fingerprint density at radius 3 is 2.76 bits per heavy atom. The summed E-state index contributed by atoms with van der Waals surface area (Å²) >= 11 is 0. The smallest absolute Gasteiger partial charge is 0.311 e. The largest absolute Gasteiger partial charge is 0.502 e. The molecule has 2 N–H and O–H groups in total. The molecule has 9 nitrogen and oxygen atoms in total. The molecule has 2 rings (SSSR count). The number of carbonyl (C=O) groups excluding carboxylic acids is 3. The molecular weight excluding hydrogens is 284 g/mol. The molecule has 1 aromatic rings. The molecule has 0 aromatic heterocycles. The van der Waals surface area contributed by atoms with E-state index >= 15 is 0 Å². The number of hydrogen-bond acceptors (Lipinski definition) is 7. The number of nitro groups is 1. The predicted octanol–water partition coefficient (Wildman–Crippen LogP) is -0.199. The molecule has 0 bridgehead atoms. The summed E-state index contributed by atoms with van der Waals surface area (Å²) in [6.07, 6.45) is -1.73. The first kappa shape index (κ1) is 14.4. The van der Waals surface area contributed by atoms with Gasteiger partial charge in [0.25, 0.3) is 5.91 Å². The van der Waals surface area contributed by atoms with Gasteiger partial charge < -0.3 is 9.84 Å². The van der Waals surface area contributed by atoms with E-state index in [9.17, 15) is 29.6 Å². The highest BCUT2D eigenvalue weighted by Gasteiger charge is 2.33. The number of imide groups is 1. The van der Waals surface area contributed by atoms with Crippen LogP contribution in [0.15, 0.2) is 18.2 Å². The van der Waals surface area contributed by atoms with Gasteiger partial charge in [0.1, 0.15) is 0 Å². The van der Waals surface area contributed by atoms with E-state index in [4.69, 9.17) is 4.74 Å². The third-order valence-corrected chi connectivity index (χ3v) is 2.78. The summed E-state index contributed by atoms with van der Waals surface area (Å²) in [5, 5.41) is 21.9. The van der Waals surface area contributed by atoms with Crippen LogP contribution in [0.3, 0.4) is 0 Å². The second-order valence-electron chi connectivity index (χ2n) is 4.35. The molecule has 0 spiro atoms. The zero-order valence-electron chi connectivity index (χ0n) is 10.6. The topological polar surface area (TPSA) is 136 Å². The van der Waals surface area contributed by atoms with Crippen molar-refractivity contribution in [3.8, 4) is 5.75 Å². The predicted molar refractivity (Wildman–Crippen MR) is 66.1 cm³/mol. The number of phenolic OH excluding ortho intramolecular Hbond substituents is 1. The lowest BCUT2D eigenvalue weighted by molar-refractivity contribution is -0.385. The first-order valence-corrected chi connectivity index (χ1v) is 5.86. The minimum absolute atomic E-state index is 0.236. The molecule has 1 atom stereocenters. The van der Waals surface area contributed by atoms with E-state index in [2.05, 4.69) is 0 Å². The van der Waals surface area contributed by atoms with Crippen LogP contribution in [-0.4, -0.2) is 33.9 Å². The zero-order chi connectivity index (χ0) is 15.6. The van der Waals surface area contributed by atoms with Crippen LogP contribution >= 0.6 is 0 Å². The van der Waals surface area contributed by atoms with Crippen molar-refractivity contribution in [3.63, 3.8) is 0 Å². The fourth-order valence-corrected chi connectivity index (χ4v) is 1.82. The van der Waals surface area contributed by atoms with Crippen molar-refractivity contribution < 1.29 is 29.2 Å². The molecule has 0 saturated carbocycles. The quantitative estimate of drug-likeness (QED) is 0.339. The van der Waals surface area contributed by atoms with Gasteiger partial charge in [-0.3, -0.25) is 29.8 Å². The molecule has 1 aliphatic heterocycles. The Morgan fingerprint density at radius 2 is 2.19 bits per heavy atom. The molecule has 110 valence electrons. The van der Waals surface area contributed by atoms with Crippen molar-refractivity contribution in [2.45, 2.75) is 18.9 Å². The summed E-state index contributed by atoms with van der Waals surface area (Å²) in [4.78, 5) is 43.7. The third kappa shape index (κ3) is 3.32. The lowest BCUT2D eigenvalue weighted by Gasteiger charge is -2.08. The molecule has 2 amide bonds. The molecule has 1 saturated heterocycles. The number of carbonyl (C=O) groups is 3. The molecule has 9 heteroatoms.